The zero-order valence-electron chi connectivity index (χ0n) is 10.9. The fourth-order valence-electron chi connectivity index (χ4n) is 1.74. The number of carbonyl (C=O) groups excluding carboxylic acids is 1. The molecule has 1 fully saturated rings. The smallest absolute Gasteiger partial charge is 0.234 e. The van der Waals surface area contributed by atoms with Crippen LogP contribution in [0.15, 0.2) is 0 Å². The summed E-state index contributed by atoms with van der Waals surface area (Å²) in [6.45, 7) is 10.4. The number of aliphatic hydroxyl groups is 1. The Morgan fingerprint density at radius 1 is 1.44 bits per heavy atom. The second-order valence-corrected chi connectivity index (χ2v) is 6.30. The van der Waals surface area contributed by atoms with E-state index >= 15 is 0 Å². The molecule has 1 aliphatic rings. The average Bonchev–Trinajstić information content (AvgIpc) is 2.13. The number of aliphatic hydroxyl groups excluding tert-OH is 1. The lowest BCUT2D eigenvalue weighted by Gasteiger charge is -2.49. The van der Waals surface area contributed by atoms with E-state index in [9.17, 15) is 9.90 Å². The Morgan fingerprint density at radius 3 is 2.38 bits per heavy atom. The lowest BCUT2D eigenvalue weighted by Crippen LogP contribution is -2.62. The Balaban J connectivity index is 2.31. The largest absolute Gasteiger partial charge is 0.392 e. The van der Waals surface area contributed by atoms with Crippen LogP contribution in [-0.2, 0) is 4.79 Å². The van der Waals surface area contributed by atoms with E-state index in [2.05, 4.69) is 10.6 Å². The van der Waals surface area contributed by atoms with Crippen LogP contribution in [0.4, 0.5) is 0 Å². The summed E-state index contributed by atoms with van der Waals surface area (Å²) in [7, 11) is 0. The van der Waals surface area contributed by atoms with E-state index in [-0.39, 0.29) is 29.0 Å². The van der Waals surface area contributed by atoms with Crippen molar-refractivity contribution < 1.29 is 9.90 Å². The van der Waals surface area contributed by atoms with E-state index in [0.29, 0.717) is 13.0 Å². The third kappa shape index (κ3) is 3.19. The highest BCUT2D eigenvalue weighted by atomic mass is 16.3. The third-order valence-electron chi connectivity index (χ3n) is 3.33. The molecule has 0 aromatic carbocycles. The van der Waals surface area contributed by atoms with Crippen molar-refractivity contribution in [2.75, 3.05) is 6.54 Å². The van der Waals surface area contributed by atoms with Crippen molar-refractivity contribution in [3.05, 3.63) is 0 Å². The summed E-state index contributed by atoms with van der Waals surface area (Å²) < 4.78 is 0. The van der Waals surface area contributed by atoms with E-state index in [0.717, 1.165) is 0 Å². The Morgan fingerprint density at radius 2 is 2.00 bits per heavy atom. The van der Waals surface area contributed by atoms with Crippen molar-refractivity contribution in [3.63, 3.8) is 0 Å². The average molecular weight is 228 g/mol. The Kier molecular flexibility index (Phi) is 3.65. The molecule has 1 saturated carbocycles. The Hall–Kier alpha value is -0.610. The molecule has 2 atom stereocenters. The van der Waals surface area contributed by atoms with Gasteiger partial charge in [-0.1, -0.05) is 13.8 Å². The molecule has 0 heterocycles. The van der Waals surface area contributed by atoms with Gasteiger partial charge in [0.15, 0.2) is 0 Å². The minimum absolute atomic E-state index is 0.0000926. The van der Waals surface area contributed by atoms with Gasteiger partial charge in [-0.3, -0.25) is 4.79 Å². The van der Waals surface area contributed by atoms with Gasteiger partial charge in [-0.25, -0.2) is 0 Å². The zero-order chi connectivity index (χ0) is 12.6. The minimum atomic E-state index is -0.298. The topological polar surface area (TPSA) is 61.4 Å². The van der Waals surface area contributed by atoms with Crippen LogP contribution in [0.25, 0.3) is 0 Å². The van der Waals surface area contributed by atoms with Gasteiger partial charge in [0.2, 0.25) is 5.91 Å². The van der Waals surface area contributed by atoms with Gasteiger partial charge in [0.1, 0.15) is 0 Å². The lowest BCUT2D eigenvalue weighted by atomic mass is 9.64. The highest BCUT2D eigenvalue weighted by Gasteiger charge is 2.47. The molecule has 16 heavy (non-hydrogen) atoms. The quantitative estimate of drug-likeness (QED) is 0.664. The van der Waals surface area contributed by atoms with Crippen LogP contribution in [0.3, 0.4) is 0 Å². The zero-order valence-corrected chi connectivity index (χ0v) is 10.9. The normalized spacial score (nSPS) is 28.4. The molecule has 2 unspecified atom stereocenters. The second kappa shape index (κ2) is 4.34. The van der Waals surface area contributed by atoms with Gasteiger partial charge in [-0.05, 0) is 27.2 Å². The molecule has 94 valence electrons. The molecule has 0 aromatic heterocycles. The van der Waals surface area contributed by atoms with Gasteiger partial charge in [0.25, 0.3) is 0 Å². The molecular formula is C12H24N2O2. The molecule has 1 amide bonds. The summed E-state index contributed by atoms with van der Waals surface area (Å²) in [4.78, 5) is 11.6. The van der Waals surface area contributed by atoms with Crippen LogP contribution < -0.4 is 10.6 Å². The van der Waals surface area contributed by atoms with E-state index in [1.807, 2.05) is 34.6 Å². The molecule has 0 aliphatic heterocycles. The Labute approximate surface area is 97.8 Å². The number of hydrogen-bond donors (Lipinski definition) is 3. The number of nitrogens with one attached hydrogen (secondary N) is 2. The van der Waals surface area contributed by atoms with Crippen molar-refractivity contribution in [1.29, 1.82) is 0 Å². The first-order valence-corrected chi connectivity index (χ1v) is 5.85. The summed E-state index contributed by atoms with van der Waals surface area (Å²) in [5, 5.41) is 15.6. The monoisotopic (exact) mass is 228 g/mol. The van der Waals surface area contributed by atoms with Gasteiger partial charge >= 0.3 is 0 Å². The molecule has 4 heteroatoms. The number of carbonyl (C=O) groups is 1. The van der Waals surface area contributed by atoms with Gasteiger partial charge in [0, 0.05) is 17.0 Å². The molecule has 3 N–H and O–H groups in total. The summed E-state index contributed by atoms with van der Waals surface area (Å²) in [5.41, 5.74) is -0.247. The van der Waals surface area contributed by atoms with Crippen molar-refractivity contribution in [2.45, 2.75) is 58.7 Å². The first-order valence-electron chi connectivity index (χ1n) is 5.85. The summed E-state index contributed by atoms with van der Waals surface area (Å²) in [6, 6.07) is 0.0942. The first kappa shape index (κ1) is 13.5. The van der Waals surface area contributed by atoms with Crippen molar-refractivity contribution >= 4 is 5.91 Å². The highest BCUT2D eigenvalue weighted by Crippen LogP contribution is 2.40. The number of rotatable bonds is 3. The molecule has 0 bridgehead atoms. The highest BCUT2D eigenvalue weighted by molar-refractivity contribution is 5.78. The molecular weight excluding hydrogens is 204 g/mol. The fourth-order valence-corrected chi connectivity index (χ4v) is 1.74. The SMILES string of the molecule is CC(C)(C)NCC(=O)NC1CC(O)C1(C)C. The fraction of sp³-hybridized carbons (Fsp3) is 0.917. The summed E-state index contributed by atoms with van der Waals surface area (Å²) in [5.74, 6) is -0.0000926. The van der Waals surface area contributed by atoms with E-state index in [4.69, 9.17) is 0 Å². The van der Waals surface area contributed by atoms with Crippen LogP contribution >= 0.6 is 0 Å². The molecule has 0 radical (unpaired) electrons. The van der Waals surface area contributed by atoms with Gasteiger partial charge in [0.05, 0.1) is 12.6 Å². The lowest BCUT2D eigenvalue weighted by molar-refractivity contribution is -0.128. The number of hydrogen-bond acceptors (Lipinski definition) is 3. The van der Waals surface area contributed by atoms with Gasteiger partial charge < -0.3 is 15.7 Å². The standard InChI is InChI=1S/C12H24N2O2/c1-11(2,3)13-7-10(16)14-8-6-9(15)12(8,4)5/h8-9,13,15H,6-7H2,1-5H3,(H,14,16). The predicted molar refractivity (Wildman–Crippen MR) is 64.1 cm³/mol. The van der Waals surface area contributed by atoms with Gasteiger partial charge in [-0.2, -0.15) is 0 Å². The van der Waals surface area contributed by atoms with Crippen molar-refractivity contribution in [3.8, 4) is 0 Å². The van der Waals surface area contributed by atoms with E-state index < -0.39 is 0 Å². The minimum Gasteiger partial charge on any atom is -0.392 e. The van der Waals surface area contributed by atoms with Crippen molar-refractivity contribution in [1.82, 2.24) is 10.6 Å². The van der Waals surface area contributed by atoms with E-state index in [1.54, 1.807) is 0 Å². The molecule has 0 spiro atoms. The van der Waals surface area contributed by atoms with Crippen LogP contribution in [0.1, 0.15) is 41.0 Å². The molecule has 1 rings (SSSR count). The first-order chi connectivity index (χ1) is 7.13. The maximum absolute atomic E-state index is 11.6. The van der Waals surface area contributed by atoms with Crippen LogP contribution in [0, 0.1) is 5.41 Å². The van der Waals surface area contributed by atoms with Crippen LogP contribution in [0.5, 0.6) is 0 Å². The maximum Gasteiger partial charge on any atom is 0.234 e. The summed E-state index contributed by atoms with van der Waals surface area (Å²) in [6.07, 6.45) is 0.363. The van der Waals surface area contributed by atoms with E-state index in [1.165, 1.54) is 0 Å². The second-order valence-electron chi connectivity index (χ2n) is 6.30. The Bertz CT molecular complexity index is 269. The number of amides is 1. The molecule has 4 nitrogen and oxygen atoms in total. The van der Waals surface area contributed by atoms with Gasteiger partial charge in [-0.15, -0.1) is 0 Å². The summed E-state index contributed by atoms with van der Waals surface area (Å²) >= 11 is 0. The molecule has 0 aromatic rings. The molecule has 1 aliphatic carbocycles. The van der Waals surface area contributed by atoms with Crippen molar-refractivity contribution in [2.24, 2.45) is 5.41 Å². The molecule has 0 saturated heterocycles. The predicted octanol–water partition coefficient (Wildman–Crippen LogP) is 0.650. The van der Waals surface area contributed by atoms with Crippen LogP contribution in [0.2, 0.25) is 0 Å². The maximum atomic E-state index is 11.6. The van der Waals surface area contributed by atoms with Crippen LogP contribution in [-0.4, -0.2) is 35.2 Å². The third-order valence-corrected chi connectivity index (χ3v) is 3.33.